The maximum atomic E-state index is 8.92. The number of hydrogen-bond acceptors (Lipinski definition) is 4. The molecule has 0 fully saturated rings. The van der Waals surface area contributed by atoms with Crippen molar-refractivity contribution < 1.29 is 5.21 Å². The first kappa shape index (κ1) is 13.2. The number of rotatable bonds is 5. The number of oxime groups is 1. The lowest BCUT2D eigenvalue weighted by molar-refractivity contribution is 0.318. The van der Waals surface area contributed by atoms with Gasteiger partial charge in [0.15, 0.2) is 0 Å². The van der Waals surface area contributed by atoms with Crippen molar-refractivity contribution in [1.82, 2.24) is 0 Å². The minimum atomic E-state index is 0.433. The third-order valence-electron chi connectivity index (χ3n) is 2.27. The number of nitrogens with zero attached hydrogens (tertiary/aromatic N) is 2. The van der Waals surface area contributed by atoms with E-state index in [2.05, 4.69) is 29.5 Å². The van der Waals surface area contributed by atoms with Gasteiger partial charge in [0.1, 0.15) is 5.71 Å². The van der Waals surface area contributed by atoms with E-state index in [1.165, 1.54) is 0 Å². The normalized spacial score (nSPS) is 12.9. The van der Waals surface area contributed by atoms with Crippen LogP contribution in [0.4, 0.5) is 5.69 Å². The largest absolute Gasteiger partial charge is 0.411 e. The first-order valence-corrected chi connectivity index (χ1v) is 5.70. The van der Waals surface area contributed by atoms with E-state index in [-0.39, 0.29) is 0 Å². The molecule has 17 heavy (non-hydrogen) atoms. The van der Waals surface area contributed by atoms with Crippen LogP contribution >= 0.6 is 0 Å². The molecule has 1 rings (SSSR count). The summed E-state index contributed by atoms with van der Waals surface area (Å²) < 4.78 is 0. The van der Waals surface area contributed by atoms with Crippen LogP contribution < -0.4 is 5.43 Å². The molecule has 0 aliphatic rings. The Morgan fingerprint density at radius 2 is 1.94 bits per heavy atom. The van der Waals surface area contributed by atoms with Crippen LogP contribution in [-0.2, 0) is 0 Å². The molecule has 0 bridgehead atoms. The fourth-order valence-electron chi connectivity index (χ4n) is 1.37. The molecular formula is C13H19N3O. The van der Waals surface area contributed by atoms with Crippen molar-refractivity contribution in [2.24, 2.45) is 16.2 Å². The smallest absolute Gasteiger partial charge is 0.103 e. The van der Waals surface area contributed by atoms with Crippen LogP contribution in [0.25, 0.3) is 0 Å². The molecule has 0 atom stereocenters. The molecule has 4 heteroatoms. The summed E-state index contributed by atoms with van der Waals surface area (Å²) in [5.74, 6) is 0.433. The Kier molecular flexibility index (Phi) is 5.20. The van der Waals surface area contributed by atoms with Crippen LogP contribution in [-0.4, -0.2) is 16.6 Å². The van der Waals surface area contributed by atoms with Crippen molar-refractivity contribution in [1.29, 1.82) is 0 Å². The minimum Gasteiger partial charge on any atom is -0.411 e. The highest BCUT2D eigenvalue weighted by Crippen LogP contribution is 2.06. The van der Waals surface area contributed by atoms with Gasteiger partial charge in [-0.2, -0.15) is 5.10 Å². The average molecular weight is 233 g/mol. The molecule has 2 N–H and O–H groups in total. The van der Waals surface area contributed by atoms with Gasteiger partial charge < -0.3 is 5.21 Å². The molecule has 0 spiro atoms. The first-order valence-electron chi connectivity index (χ1n) is 5.70. The Labute approximate surface area is 102 Å². The summed E-state index contributed by atoms with van der Waals surface area (Å²) in [6, 6.07) is 9.66. The molecule has 0 aliphatic heterocycles. The Morgan fingerprint density at radius 3 is 2.47 bits per heavy atom. The van der Waals surface area contributed by atoms with Crippen LogP contribution in [0.5, 0.6) is 0 Å². The van der Waals surface area contributed by atoms with Gasteiger partial charge in [-0.1, -0.05) is 37.2 Å². The quantitative estimate of drug-likeness (QED) is 0.465. The van der Waals surface area contributed by atoms with Gasteiger partial charge in [-0.15, -0.1) is 0 Å². The van der Waals surface area contributed by atoms with Gasteiger partial charge in [0, 0.05) is 0 Å². The molecule has 0 aromatic heterocycles. The maximum Gasteiger partial charge on any atom is 0.103 e. The van der Waals surface area contributed by atoms with Crippen molar-refractivity contribution >= 4 is 17.1 Å². The van der Waals surface area contributed by atoms with E-state index in [4.69, 9.17) is 5.21 Å². The third kappa shape index (κ3) is 4.68. The summed E-state index contributed by atoms with van der Waals surface area (Å²) in [4.78, 5) is 0. The Bertz CT molecular complexity index is 396. The Hall–Kier alpha value is -1.84. The molecular weight excluding hydrogens is 214 g/mol. The van der Waals surface area contributed by atoms with Gasteiger partial charge in [0.25, 0.3) is 0 Å². The zero-order valence-corrected chi connectivity index (χ0v) is 10.5. The summed E-state index contributed by atoms with van der Waals surface area (Å²) in [7, 11) is 0. The fraction of sp³-hybridized carbons (Fsp3) is 0.385. The molecule has 0 saturated heterocycles. The van der Waals surface area contributed by atoms with Crippen LogP contribution in [0.3, 0.4) is 0 Å². The number of nitrogens with one attached hydrogen (secondary N) is 1. The molecule has 1 aromatic carbocycles. The zero-order valence-electron chi connectivity index (χ0n) is 10.5. The van der Waals surface area contributed by atoms with Crippen molar-refractivity contribution in [3.8, 4) is 0 Å². The monoisotopic (exact) mass is 233 g/mol. The van der Waals surface area contributed by atoms with Crippen molar-refractivity contribution in [3.05, 3.63) is 30.3 Å². The van der Waals surface area contributed by atoms with E-state index < -0.39 is 0 Å². The number of hydrogen-bond donors (Lipinski definition) is 2. The third-order valence-corrected chi connectivity index (χ3v) is 2.27. The van der Waals surface area contributed by atoms with Crippen molar-refractivity contribution in [2.45, 2.75) is 27.2 Å². The van der Waals surface area contributed by atoms with Gasteiger partial charge >= 0.3 is 0 Å². The van der Waals surface area contributed by atoms with Crippen molar-refractivity contribution in [3.63, 3.8) is 0 Å². The fourth-order valence-corrected chi connectivity index (χ4v) is 1.37. The van der Waals surface area contributed by atoms with E-state index in [9.17, 15) is 0 Å². The van der Waals surface area contributed by atoms with Gasteiger partial charge in [0.2, 0.25) is 0 Å². The molecule has 4 nitrogen and oxygen atoms in total. The average Bonchev–Trinajstić information content (AvgIpc) is 2.34. The van der Waals surface area contributed by atoms with E-state index in [0.717, 1.165) is 5.69 Å². The highest BCUT2D eigenvalue weighted by atomic mass is 16.4. The van der Waals surface area contributed by atoms with Crippen LogP contribution in [0.15, 0.2) is 40.6 Å². The summed E-state index contributed by atoms with van der Waals surface area (Å²) in [5, 5.41) is 16.4. The highest BCUT2D eigenvalue weighted by Gasteiger charge is 2.07. The van der Waals surface area contributed by atoms with Gasteiger partial charge in [0.05, 0.1) is 11.4 Å². The topological polar surface area (TPSA) is 57.0 Å². The van der Waals surface area contributed by atoms with Crippen molar-refractivity contribution in [2.75, 3.05) is 5.43 Å². The predicted molar refractivity (Wildman–Crippen MR) is 71.9 cm³/mol. The second-order valence-electron chi connectivity index (χ2n) is 4.32. The number of hydrazone groups is 1. The number of benzene rings is 1. The number of anilines is 1. The molecule has 0 saturated carbocycles. The molecule has 0 heterocycles. The molecule has 0 radical (unpaired) electrons. The minimum absolute atomic E-state index is 0.433. The van der Waals surface area contributed by atoms with Gasteiger partial charge in [-0.25, -0.2) is 0 Å². The Balaban J connectivity index is 2.65. The second-order valence-corrected chi connectivity index (χ2v) is 4.32. The lowest BCUT2D eigenvalue weighted by atomic mass is 10.0. The van der Waals surface area contributed by atoms with Gasteiger partial charge in [-0.3, -0.25) is 5.43 Å². The summed E-state index contributed by atoms with van der Waals surface area (Å²) >= 11 is 0. The molecule has 0 amide bonds. The molecule has 1 aromatic rings. The van der Waals surface area contributed by atoms with Gasteiger partial charge in [-0.05, 0) is 31.4 Å². The lowest BCUT2D eigenvalue weighted by Crippen LogP contribution is -2.15. The van der Waals surface area contributed by atoms with E-state index in [1.54, 1.807) is 0 Å². The van der Waals surface area contributed by atoms with Crippen LogP contribution in [0.1, 0.15) is 27.2 Å². The standard InChI is InChI=1S/C13H19N3O/c1-10(2)9-13(16-17)11(3)14-15-12-7-5-4-6-8-12/h4-8,10,15,17H,9H2,1-3H3/b14-11+,16-13+. The van der Waals surface area contributed by atoms with E-state index in [0.29, 0.717) is 23.8 Å². The van der Waals surface area contributed by atoms with E-state index >= 15 is 0 Å². The first-order chi connectivity index (χ1) is 8.13. The number of para-hydroxylation sites is 1. The lowest BCUT2D eigenvalue weighted by Gasteiger charge is -2.07. The van der Waals surface area contributed by atoms with E-state index in [1.807, 2.05) is 37.3 Å². The zero-order chi connectivity index (χ0) is 12.7. The van der Waals surface area contributed by atoms with Crippen LogP contribution in [0, 0.1) is 5.92 Å². The second kappa shape index (κ2) is 6.68. The predicted octanol–water partition coefficient (Wildman–Crippen LogP) is 3.35. The SMILES string of the molecule is CC(=N\Nc1ccccc1)/C(CC(C)C)=N/O. The molecule has 0 aliphatic carbocycles. The highest BCUT2D eigenvalue weighted by molar-refractivity contribution is 6.41. The maximum absolute atomic E-state index is 8.92. The summed E-state index contributed by atoms with van der Waals surface area (Å²) in [6.07, 6.45) is 0.711. The molecule has 0 unspecified atom stereocenters. The summed E-state index contributed by atoms with van der Waals surface area (Å²) in [6.45, 7) is 5.97. The van der Waals surface area contributed by atoms with Crippen LogP contribution in [0.2, 0.25) is 0 Å². The summed E-state index contributed by atoms with van der Waals surface area (Å²) in [5.41, 5.74) is 5.15. The molecule has 92 valence electrons. The Morgan fingerprint density at radius 1 is 1.29 bits per heavy atom.